The molecule has 1 saturated heterocycles. The largest absolute Gasteiger partial charge is 0.355 e. The molecule has 0 saturated carbocycles. The monoisotopic (exact) mass is 388 g/mol. The molecule has 2 atom stereocenters. The maximum absolute atomic E-state index is 12.3. The molecule has 6 nitrogen and oxygen atoms in total. The Balaban J connectivity index is 1.90. The first-order chi connectivity index (χ1) is 12.8. The maximum atomic E-state index is 12.3. The molecule has 0 unspecified atom stereocenters. The van der Waals surface area contributed by atoms with Gasteiger partial charge in [-0.2, -0.15) is 0 Å². The van der Waals surface area contributed by atoms with Gasteiger partial charge in [0, 0.05) is 18.7 Å². The molecule has 2 heterocycles. The highest BCUT2D eigenvalue weighted by molar-refractivity contribution is 7.89. The van der Waals surface area contributed by atoms with E-state index >= 15 is 0 Å². The van der Waals surface area contributed by atoms with E-state index in [9.17, 15) is 8.42 Å². The second kappa shape index (κ2) is 7.94. The van der Waals surface area contributed by atoms with Gasteiger partial charge in [-0.25, -0.2) is 13.1 Å². The molecule has 1 aliphatic rings. The smallest absolute Gasteiger partial charge is 0.240 e. The lowest BCUT2D eigenvalue weighted by atomic mass is 9.92. The highest BCUT2D eigenvalue weighted by Crippen LogP contribution is 2.27. The van der Waals surface area contributed by atoms with Gasteiger partial charge >= 0.3 is 0 Å². The first kappa shape index (κ1) is 19.8. The molecule has 1 fully saturated rings. The fraction of sp³-hybridized carbons (Fsp3) is 0.500. The van der Waals surface area contributed by atoms with Crippen LogP contribution >= 0.6 is 0 Å². The molecule has 0 radical (unpaired) electrons. The van der Waals surface area contributed by atoms with E-state index in [4.69, 9.17) is 0 Å². The number of sulfonamides is 1. The number of benzene rings is 1. The van der Waals surface area contributed by atoms with E-state index in [1.807, 2.05) is 31.2 Å². The summed E-state index contributed by atoms with van der Waals surface area (Å²) in [4.78, 5) is 2.58. The van der Waals surface area contributed by atoms with E-state index in [-0.39, 0.29) is 0 Å². The number of aryl methyl sites for hydroxylation is 1. The van der Waals surface area contributed by atoms with Crippen molar-refractivity contribution in [3.05, 3.63) is 35.9 Å². The fourth-order valence-corrected chi connectivity index (χ4v) is 4.92. The molecule has 0 bridgehead atoms. The van der Waals surface area contributed by atoms with Crippen molar-refractivity contribution in [3.8, 4) is 11.3 Å². The molecular weight excluding hydrogens is 360 g/mol. The van der Waals surface area contributed by atoms with E-state index in [0.717, 1.165) is 30.0 Å². The van der Waals surface area contributed by atoms with Crippen molar-refractivity contribution in [2.45, 2.75) is 38.5 Å². The summed E-state index contributed by atoms with van der Waals surface area (Å²) in [5, 5.41) is 8.78. The Hall–Kier alpha value is -1.99. The third-order valence-corrected chi connectivity index (χ3v) is 6.64. The molecule has 1 aliphatic heterocycles. The van der Waals surface area contributed by atoms with Crippen molar-refractivity contribution in [3.63, 3.8) is 0 Å². The summed E-state index contributed by atoms with van der Waals surface area (Å²) >= 11 is 0. The van der Waals surface area contributed by atoms with Crippen LogP contribution in [-0.2, 0) is 16.4 Å². The SMILES string of the molecule is CCc1ccc(-c2ccc(N3C[C@@H](C)C[C@H](C)C3)nn2)cc1S(=O)(=O)NC. The first-order valence-electron chi connectivity index (χ1n) is 9.49. The number of nitrogens with one attached hydrogen (secondary N) is 1. The lowest BCUT2D eigenvalue weighted by Gasteiger charge is -2.35. The summed E-state index contributed by atoms with van der Waals surface area (Å²) in [6.45, 7) is 8.47. The fourth-order valence-electron chi connectivity index (χ4n) is 3.86. The van der Waals surface area contributed by atoms with Crippen LogP contribution in [0, 0.1) is 11.8 Å². The third-order valence-electron chi connectivity index (χ3n) is 5.15. The van der Waals surface area contributed by atoms with Crippen LogP contribution in [0.3, 0.4) is 0 Å². The molecule has 3 rings (SSSR count). The van der Waals surface area contributed by atoms with Gasteiger partial charge in [-0.1, -0.05) is 32.9 Å². The van der Waals surface area contributed by atoms with Crippen LogP contribution < -0.4 is 9.62 Å². The van der Waals surface area contributed by atoms with Gasteiger partial charge in [0.1, 0.15) is 0 Å². The van der Waals surface area contributed by atoms with Gasteiger partial charge in [-0.15, -0.1) is 10.2 Å². The van der Waals surface area contributed by atoms with E-state index in [1.54, 1.807) is 6.07 Å². The van der Waals surface area contributed by atoms with Gasteiger partial charge in [0.25, 0.3) is 0 Å². The zero-order valence-corrected chi connectivity index (χ0v) is 17.3. The number of anilines is 1. The molecule has 1 aromatic heterocycles. The van der Waals surface area contributed by atoms with E-state index in [2.05, 4.69) is 33.7 Å². The predicted octanol–water partition coefficient (Wildman–Crippen LogP) is 3.10. The minimum Gasteiger partial charge on any atom is -0.355 e. The number of hydrogen-bond acceptors (Lipinski definition) is 5. The highest BCUT2D eigenvalue weighted by atomic mass is 32.2. The Morgan fingerprint density at radius 2 is 1.81 bits per heavy atom. The lowest BCUT2D eigenvalue weighted by molar-refractivity contribution is 0.355. The summed E-state index contributed by atoms with van der Waals surface area (Å²) in [6, 6.07) is 9.33. The van der Waals surface area contributed by atoms with E-state index < -0.39 is 10.0 Å². The van der Waals surface area contributed by atoms with Gasteiger partial charge in [-0.05, 0) is 55.5 Å². The van der Waals surface area contributed by atoms with Gasteiger partial charge in [-0.3, -0.25) is 0 Å². The minimum atomic E-state index is -3.52. The Labute approximate surface area is 162 Å². The van der Waals surface area contributed by atoms with Crippen LogP contribution in [0.25, 0.3) is 11.3 Å². The Morgan fingerprint density at radius 1 is 1.11 bits per heavy atom. The molecule has 1 N–H and O–H groups in total. The number of rotatable bonds is 5. The lowest BCUT2D eigenvalue weighted by Crippen LogP contribution is -2.39. The van der Waals surface area contributed by atoms with Crippen LogP contribution in [-0.4, -0.2) is 38.8 Å². The Kier molecular flexibility index (Phi) is 5.81. The molecule has 0 aliphatic carbocycles. The summed E-state index contributed by atoms with van der Waals surface area (Å²) in [5.74, 6) is 2.17. The molecule has 1 aromatic carbocycles. The molecule has 27 heavy (non-hydrogen) atoms. The number of piperidine rings is 1. The molecule has 0 amide bonds. The molecule has 2 aromatic rings. The van der Waals surface area contributed by atoms with Gasteiger partial charge in [0.2, 0.25) is 10.0 Å². The van der Waals surface area contributed by atoms with Crippen LogP contribution in [0.15, 0.2) is 35.2 Å². The van der Waals surface area contributed by atoms with Crippen LogP contribution in [0.2, 0.25) is 0 Å². The van der Waals surface area contributed by atoms with Crippen molar-refractivity contribution >= 4 is 15.8 Å². The summed E-state index contributed by atoms with van der Waals surface area (Å²) in [6.07, 6.45) is 1.89. The average molecular weight is 389 g/mol. The Morgan fingerprint density at radius 3 is 2.37 bits per heavy atom. The zero-order chi connectivity index (χ0) is 19.6. The topological polar surface area (TPSA) is 75.2 Å². The summed E-state index contributed by atoms with van der Waals surface area (Å²) < 4.78 is 27.1. The average Bonchev–Trinajstić information content (AvgIpc) is 2.67. The standard InChI is InChI=1S/C20H28N4O2S/c1-5-16-6-7-17(11-19(16)27(25,26)21-4)18-8-9-20(23-22-18)24-12-14(2)10-15(3)13-24/h6-9,11,14-15,21H,5,10,12-13H2,1-4H3/t14-,15-/m0/s1. The molecule has 0 spiro atoms. The number of hydrogen-bond donors (Lipinski definition) is 1. The predicted molar refractivity (Wildman–Crippen MR) is 108 cm³/mol. The van der Waals surface area contributed by atoms with Gasteiger partial charge in [0.05, 0.1) is 10.6 Å². The van der Waals surface area contributed by atoms with Crippen LogP contribution in [0.4, 0.5) is 5.82 Å². The van der Waals surface area contributed by atoms with Crippen LogP contribution in [0.1, 0.15) is 32.8 Å². The summed E-state index contributed by atoms with van der Waals surface area (Å²) in [7, 11) is -2.09. The highest BCUT2D eigenvalue weighted by Gasteiger charge is 2.23. The van der Waals surface area contributed by atoms with Crippen molar-refractivity contribution in [1.82, 2.24) is 14.9 Å². The van der Waals surface area contributed by atoms with Crippen molar-refractivity contribution in [2.24, 2.45) is 11.8 Å². The number of aromatic nitrogens is 2. The van der Waals surface area contributed by atoms with E-state index in [1.165, 1.54) is 13.5 Å². The Bertz CT molecular complexity index is 887. The first-order valence-corrected chi connectivity index (χ1v) is 11.0. The number of nitrogens with zero attached hydrogens (tertiary/aromatic N) is 3. The maximum Gasteiger partial charge on any atom is 0.240 e. The van der Waals surface area contributed by atoms with Gasteiger partial charge < -0.3 is 4.90 Å². The van der Waals surface area contributed by atoms with E-state index in [0.29, 0.717) is 28.8 Å². The van der Waals surface area contributed by atoms with Crippen LogP contribution in [0.5, 0.6) is 0 Å². The normalized spacial score (nSPS) is 20.7. The van der Waals surface area contributed by atoms with Crippen molar-refractivity contribution < 1.29 is 8.42 Å². The quantitative estimate of drug-likeness (QED) is 0.852. The second-order valence-electron chi connectivity index (χ2n) is 7.51. The molecule has 7 heteroatoms. The molecular formula is C20H28N4O2S. The second-order valence-corrected chi connectivity index (χ2v) is 9.37. The molecule has 146 valence electrons. The summed E-state index contributed by atoms with van der Waals surface area (Å²) in [5.41, 5.74) is 2.21. The minimum absolute atomic E-state index is 0.301. The zero-order valence-electron chi connectivity index (χ0n) is 16.4. The van der Waals surface area contributed by atoms with Crippen molar-refractivity contribution in [2.75, 3.05) is 25.0 Å². The third kappa shape index (κ3) is 4.30. The van der Waals surface area contributed by atoms with Gasteiger partial charge in [0.15, 0.2) is 5.82 Å². The van der Waals surface area contributed by atoms with Crippen molar-refractivity contribution in [1.29, 1.82) is 0 Å².